The summed E-state index contributed by atoms with van der Waals surface area (Å²) >= 11 is 0. The fourth-order valence-electron chi connectivity index (χ4n) is 5.39. The Kier molecular flexibility index (Phi) is 7.53. The molecule has 4 aromatic rings. The maximum Gasteiger partial charge on any atom is 0.586 e. The second-order valence-electron chi connectivity index (χ2n) is 10.4. The second-order valence-corrected chi connectivity index (χ2v) is 10.4. The fourth-order valence-corrected chi connectivity index (χ4v) is 5.39. The zero-order valence-corrected chi connectivity index (χ0v) is 23.7. The molecule has 0 spiro atoms. The van der Waals surface area contributed by atoms with Crippen LogP contribution in [0.3, 0.4) is 0 Å². The van der Waals surface area contributed by atoms with Crippen molar-refractivity contribution in [1.29, 1.82) is 0 Å². The summed E-state index contributed by atoms with van der Waals surface area (Å²) < 4.78 is 111. The van der Waals surface area contributed by atoms with Crippen molar-refractivity contribution >= 4 is 5.97 Å². The van der Waals surface area contributed by atoms with Crippen molar-refractivity contribution in [3.05, 3.63) is 94.6 Å². The van der Waals surface area contributed by atoms with Crippen LogP contribution in [0.1, 0.15) is 64.8 Å². The van der Waals surface area contributed by atoms with Crippen molar-refractivity contribution in [3.63, 3.8) is 0 Å². The lowest BCUT2D eigenvalue weighted by molar-refractivity contribution is -0.286. The predicted octanol–water partition coefficient (Wildman–Crippen LogP) is 7.73. The molecule has 236 valence electrons. The van der Waals surface area contributed by atoms with Gasteiger partial charge in [0.2, 0.25) is 0 Å². The van der Waals surface area contributed by atoms with Crippen LogP contribution in [0.2, 0.25) is 0 Å². The number of hydrogen-bond acceptors (Lipinski definition) is 7. The van der Waals surface area contributed by atoms with Gasteiger partial charge < -0.3 is 23.7 Å². The van der Waals surface area contributed by atoms with Crippen LogP contribution in [-0.4, -0.2) is 29.2 Å². The highest BCUT2D eigenvalue weighted by atomic mass is 19.4. The molecule has 0 bridgehead atoms. The highest BCUT2D eigenvalue weighted by Gasteiger charge is 2.45. The minimum atomic E-state index is -4.74. The van der Waals surface area contributed by atoms with E-state index in [0.717, 1.165) is 16.8 Å². The van der Waals surface area contributed by atoms with E-state index in [9.17, 15) is 31.1 Å². The number of benzene rings is 3. The number of rotatable bonds is 7. The zero-order valence-electron chi connectivity index (χ0n) is 23.7. The van der Waals surface area contributed by atoms with Crippen LogP contribution in [0.25, 0.3) is 5.69 Å². The lowest BCUT2D eigenvalue weighted by atomic mass is 9.93. The Labute approximate surface area is 252 Å². The van der Waals surface area contributed by atoms with E-state index in [0.29, 0.717) is 18.6 Å². The number of alkyl halides is 5. The van der Waals surface area contributed by atoms with Gasteiger partial charge in [0.1, 0.15) is 29.5 Å². The summed E-state index contributed by atoms with van der Waals surface area (Å²) in [7, 11) is 1.25. The monoisotopic (exact) mass is 634 g/mol. The Morgan fingerprint density at radius 1 is 1.04 bits per heavy atom. The lowest BCUT2D eigenvalue weighted by Crippen LogP contribution is -2.25. The van der Waals surface area contributed by atoms with Crippen molar-refractivity contribution in [2.75, 3.05) is 7.11 Å². The topological polar surface area (TPSA) is 81.0 Å². The number of methoxy groups -OCH3 is 1. The van der Waals surface area contributed by atoms with Gasteiger partial charge in [-0.05, 0) is 68.7 Å². The van der Waals surface area contributed by atoms with Crippen LogP contribution >= 0.6 is 0 Å². The largest absolute Gasteiger partial charge is 0.586 e. The fraction of sp³-hybridized carbons (Fsp3) is 0.290. The predicted molar refractivity (Wildman–Crippen MR) is 144 cm³/mol. The van der Waals surface area contributed by atoms with Crippen LogP contribution in [0, 0.1) is 5.82 Å². The standard InChI is InChI=1S/C31H24F6N2O6/c1-16(22-14-25-26(15-23(22)32)45-31(36,37)44-25)42-20-6-3-5-18(13-20)39-27-21(28(38-39)30(33,34)35)7-4-8-24(27)43-19-11-9-17(10-12-19)29(40)41-2/h3,5-6,9-16,24H,4,7-8H2,1-2H3/t16-,24?/m0/s1. The summed E-state index contributed by atoms with van der Waals surface area (Å²) in [6.07, 6.45) is -9.57. The van der Waals surface area contributed by atoms with E-state index in [1.165, 1.54) is 62.6 Å². The first-order valence-corrected chi connectivity index (χ1v) is 13.7. The molecule has 0 amide bonds. The molecule has 3 aromatic carbocycles. The third-order valence-corrected chi connectivity index (χ3v) is 7.38. The number of nitrogens with zero attached hydrogens (tertiary/aromatic N) is 2. The Balaban J connectivity index is 1.32. The third kappa shape index (κ3) is 5.96. The number of hydrogen-bond donors (Lipinski definition) is 0. The molecule has 8 nitrogen and oxygen atoms in total. The van der Waals surface area contributed by atoms with Crippen LogP contribution in [0.4, 0.5) is 26.3 Å². The van der Waals surface area contributed by atoms with Gasteiger partial charge in [-0.25, -0.2) is 13.9 Å². The molecular formula is C31H24F6N2O6. The van der Waals surface area contributed by atoms with Gasteiger partial charge >= 0.3 is 18.4 Å². The Morgan fingerprint density at radius 2 is 1.76 bits per heavy atom. The number of carbonyl (C=O) groups excluding carboxylic acids is 1. The number of carbonyl (C=O) groups is 1. The van der Waals surface area contributed by atoms with E-state index < -0.39 is 47.9 Å². The molecule has 2 aliphatic rings. The molecular weight excluding hydrogens is 610 g/mol. The average molecular weight is 635 g/mol. The first kappa shape index (κ1) is 30.2. The van der Waals surface area contributed by atoms with Crippen LogP contribution in [0.15, 0.2) is 60.7 Å². The number of ether oxygens (including phenoxy) is 5. The smallest absolute Gasteiger partial charge is 0.486 e. The molecule has 2 atom stereocenters. The first-order chi connectivity index (χ1) is 21.3. The molecule has 1 aromatic heterocycles. The quantitative estimate of drug-likeness (QED) is 0.152. The molecule has 2 heterocycles. The summed E-state index contributed by atoms with van der Waals surface area (Å²) in [6, 6.07) is 13.8. The summed E-state index contributed by atoms with van der Waals surface area (Å²) in [5.41, 5.74) is -0.437. The van der Waals surface area contributed by atoms with Gasteiger partial charge in [-0.15, -0.1) is 8.78 Å². The molecule has 1 aliphatic heterocycles. The van der Waals surface area contributed by atoms with Crippen molar-refractivity contribution in [1.82, 2.24) is 9.78 Å². The number of halogens is 6. The van der Waals surface area contributed by atoms with Crippen LogP contribution in [-0.2, 0) is 17.3 Å². The zero-order chi connectivity index (χ0) is 32.1. The van der Waals surface area contributed by atoms with Crippen molar-refractivity contribution in [2.24, 2.45) is 0 Å². The highest BCUT2D eigenvalue weighted by Crippen LogP contribution is 2.44. The summed E-state index contributed by atoms with van der Waals surface area (Å²) in [5.74, 6) is -1.78. The van der Waals surface area contributed by atoms with E-state index in [1.54, 1.807) is 0 Å². The van der Waals surface area contributed by atoms with Crippen LogP contribution in [0.5, 0.6) is 23.0 Å². The second kappa shape index (κ2) is 11.2. The minimum absolute atomic E-state index is 0.00357. The molecule has 0 N–H and O–H groups in total. The number of esters is 1. The molecule has 1 aliphatic carbocycles. The Hall–Kier alpha value is -4.88. The van der Waals surface area contributed by atoms with E-state index in [4.69, 9.17) is 14.2 Å². The molecule has 0 radical (unpaired) electrons. The molecule has 1 unspecified atom stereocenters. The number of fused-ring (bicyclic) bond motifs is 2. The van der Waals surface area contributed by atoms with Crippen molar-refractivity contribution in [3.8, 4) is 28.7 Å². The van der Waals surface area contributed by atoms with Gasteiger partial charge in [-0.1, -0.05) is 6.07 Å². The molecule has 6 rings (SSSR count). The van der Waals surface area contributed by atoms with E-state index in [1.807, 2.05) is 0 Å². The van der Waals surface area contributed by atoms with Gasteiger partial charge in [0, 0.05) is 23.3 Å². The maximum absolute atomic E-state index is 14.8. The average Bonchev–Trinajstić information content (AvgIpc) is 3.54. The maximum atomic E-state index is 14.8. The first-order valence-electron chi connectivity index (χ1n) is 13.7. The van der Waals surface area contributed by atoms with Crippen LogP contribution < -0.4 is 18.9 Å². The minimum Gasteiger partial charge on any atom is -0.486 e. The number of aromatic nitrogens is 2. The normalized spacial score (nSPS) is 17.4. The SMILES string of the molecule is COC(=O)c1ccc(OC2CCCc3c(C(F)(F)F)nn(-c4cccc(O[C@@H](C)c5cc6c(cc5F)OC(F)(F)O6)c4)c32)cc1. The summed E-state index contributed by atoms with van der Waals surface area (Å²) in [6.45, 7) is 1.47. The molecule has 0 saturated carbocycles. The highest BCUT2D eigenvalue weighted by molar-refractivity contribution is 5.89. The molecule has 0 saturated heterocycles. The van der Waals surface area contributed by atoms with Crippen molar-refractivity contribution < 1.29 is 54.8 Å². The van der Waals surface area contributed by atoms with Crippen molar-refractivity contribution in [2.45, 2.75) is 50.9 Å². The van der Waals surface area contributed by atoms with Gasteiger partial charge in [-0.2, -0.15) is 18.3 Å². The summed E-state index contributed by atoms with van der Waals surface area (Å²) in [4.78, 5) is 11.8. The van der Waals surface area contributed by atoms with E-state index in [-0.39, 0.29) is 46.0 Å². The summed E-state index contributed by atoms with van der Waals surface area (Å²) in [5, 5.41) is 3.95. The lowest BCUT2D eigenvalue weighted by Gasteiger charge is -2.26. The van der Waals surface area contributed by atoms with Gasteiger partial charge in [0.05, 0.1) is 24.1 Å². The van der Waals surface area contributed by atoms with Gasteiger partial charge in [0.15, 0.2) is 17.2 Å². The Morgan fingerprint density at radius 3 is 2.44 bits per heavy atom. The molecule has 14 heteroatoms. The van der Waals surface area contributed by atoms with Gasteiger partial charge in [0.25, 0.3) is 0 Å². The van der Waals surface area contributed by atoms with Gasteiger partial charge in [-0.3, -0.25) is 0 Å². The van der Waals surface area contributed by atoms with E-state index >= 15 is 0 Å². The molecule has 45 heavy (non-hydrogen) atoms. The van der Waals surface area contributed by atoms with E-state index in [2.05, 4.69) is 14.6 Å². The molecule has 0 fully saturated rings. The Bertz CT molecular complexity index is 1750. The third-order valence-electron chi connectivity index (χ3n) is 7.38.